The number of hydrogen-bond acceptors (Lipinski definition) is 5. The Morgan fingerprint density at radius 3 is 2.43 bits per heavy atom. The Balaban J connectivity index is 2.06. The summed E-state index contributed by atoms with van der Waals surface area (Å²) in [5.41, 5.74) is 6.46. The van der Waals surface area contributed by atoms with E-state index in [0.29, 0.717) is 13.0 Å². The van der Waals surface area contributed by atoms with Gasteiger partial charge < -0.3 is 5.73 Å². The zero-order valence-corrected chi connectivity index (χ0v) is 13.3. The zero-order chi connectivity index (χ0) is 15.5. The van der Waals surface area contributed by atoms with Crippen LogP contribution in [0.3, 0.4) is 0 Å². The Labute approximate surface area is 125 Å². The van der Waals surface area contributed by atoms with Crippen LogP contribution in [0.5, 0.6) is 0 Å². The van der Waals surface area contributed by atoms with Gasteiger partial charge in [-0.1, -0.05) is 12.1 Å². The molecular weight excluding hydrogens is 312 g/mol. The fourth-order valence-electron chi connectivity index (χ4n) is 2.32. The first-order chi connectivity index (χ1) is 9.82. The van der Waals surface area contributed by atoms with E-state index in [1.165, 1.54) is 12.1 Å². The maximum atomic E-state index is 12.2. The number of nitrogens with one attached hydrogen (secondary N) is 1. The van der Waals surface area contributed by atoms with Crippen LogP contribution in [0.4, 0.5) is 0 Å². The second kappa shape index (κ2) is 6.43. The number of aryl methyl sites for hydroxylation is 1. The number of rotatable bonds is 6. The molecule has 0 spiro atoms. The molecule has 1 atom stereocenters. The lowest BCUT2D eigenvalue weighted by Gasteiger charge is -2.12. The molecule has 0 saturated carbocycles. The van der Waals surface area contributed by atoms with Crippen molar-refractivity contribution >= 4 is 19.9 Å². The summed E-state index contributed by atoms with van der Waals surface area (Å²) in [7, 11) is -6.78. The molecule has 1 unspecified atom stereocenters. The highest BCUT2D eigenvalue weighted by molar-refractivity contribution is 7.92. The van der Waals surface area contributed by atoms with E-state index in [4.69, 9.17) is 5.73 Å². The second-order valence-electron chi connectivity index (χ2n) is 5.26. The normalized spacial score (nSPS) is 21.5. The van der Waals surface area contributed by atoms with Crippen molar-refractivity contribution in [3.63, 3.8) is 0 Å². The Hall–Kier alpha value is -0.960. The smallest absolute Gasteiger partial charge is 0.240 e. The lowest BCUT2D eigenvalue weighted by Crippen LogP contribution is -2.35. The van der Waals surface area contributed by atoms with Gasteiger partial charge in [-0.25, -0.2) is 21.6 Å². The molecule has 1 aliphatic heterocycles. The predicted molar refractivity (Wildman–Crippen MR) is 81.2 cm³/mol. The molecule has 2 rings (SSSR count). The van der Waals surface area contributed by atoms with Gasteiger partial charge in [-0.2, -0.15) is 0 Å². The Kier molecular flexibility index (Phi) is 5.03. The number of sulfonamides is 1. The maximum absolute atomic E-state index is 12.2. The summed E-state index contributed by atoms with van der Waals surface area (Å²) in [4.78, 5) is 0.156. The molecule has 8 heteroatoms. The highest BCUT2D eigenvalue weighted by atomic mass is 32.2. The maximum Gasteiger partial charge on any atom is 0.240 e. The summed E-state index contributed by atoms with van der Waals surface area (Å²) in [6, 6.07) is 6.07. The van der Waals surface area contributed by atoms with Crippen molar-refractivity contribution in [2.45, 2.75) is 30.2 Å². The minimum atomic E-state index is -3.67. The number of nitrogens with two attached hydrogens (primary N) is 1. The molecule has 0 aliphatic carbocycles. The third kappa shape index (κ3) is 4.50. The van der Waals surface area contributed by atoms with E-state index >= 15 is 0 Å². The van der Waals surface area contributed by atoms with Crippen LogP contribution < -0.4 is 10.5 Å². The fraction of sp³-hybridized carbons (Fsp3) is 0.538. The minimum Gasteiger partial charge on any atom is -0.330 e. The van der Waals surface area contributed by atoms with Gasteiger partial charge in [-0.15, -0.1) is 0 Å². The SMILES string of the molecule is NCCCc1ccc(S(=O)(=O)NC2CCS(=O)(=O)C2)cc1. The summed E-state index contributed by atoms with van der Waals surface area (Å²) < 4.78 is 49.6. The van der Waals surface area contributed by atoms with Crippen molar-refractivity contribution in [3.8, 4) is 0 Å². The molecule has 1 heterocycles. The largest absolute Gasteiger partial charge is 0.330 e. The van der Waals surface area contributed by atoms with Crippen molar-refractivity contribution in [2.75, 3.05) is 18.1 Å². The number of benzene rings is 1. The van der Waals surface area contributed by atoms with Crippen molar-refractivity contribution < 1.29 is 16.8 Å². The zero-order valence-electron chi connectivity index (χ0n) is 11.7. The van der Waals surface area contributed by atoms with Gasteiger partial charge in [0.15, 0.2) is 9.84 Å². The molecule has 6 nitrogen and oxygen atoms in total. The second-order valence-corrected chi connectivity index (χ2v) is 9.20. The first kappa shape index (κ1) is 16.4. The Morgan fingerprint density at radius 1 is 1.24 bits per heavy atom. The van der Waals surface area contributed by atoms with Gasteiger partial charge in [0, 0.05) is 6.04 Å². The molecule has 0 bridgehead atoms. The van der Waals surface area contributed by atoms with Crippen LogP contribution in [-0.4, -0.2) is 40.9 Å². The minimum absolute atomic E-state index is 0.0399. The van der Waals surface area contributed by atoms with Gasteiger partial charge in [0.05, 0.1) is 16.4 Å². The lowest BCUT2D eigenvalue weighted by atomic mass is 10.1. The third-order valence-corrected chi connectivity index (χ3v) is 6.76. The van der Waals surface area contributed by atoms with Crippen molar-refractivity contribution in [3.05, 3.63) is 29.8 Å². The average Bonchev–Trinajstić information content (AvgIpc) is 2.75. The van der Waals surface area contributed by atoms with E-state index in [-0.39, 0.29) is 16.4 Å². The first-order valence-corrected chi connectivity index (χ1v) is 10.1. The molecule has 1 aliphatic rings. The molecule has 0 aromatic heterocycles. The van der Waals surface area contributed by atoms with Crippen LogP contribution in [0.25, 0.3) is 0 Å². The Bertz CT molecular complexity index is 681. The molecule has 1 aromatic carbocycles. The highest BCUT2D eigenvalue weighted by Crippen LogP contribution is 2.16. The summed E-state index contributed by atoms with van der Waals surface area (Å²) in [6.45, 7) is 0.595. The molecule has 1 fully saturated rings. The van der Waals surface area contributed by atoms with Crippen LogP contribution in [-0.2, 0) is 26.3 Å². The monoisotopic (exact) mass is 332 g/mol. The fourth-order valence-corrected chi connectivity index (χ4v) is 5.37. The van der Waals surface area contributed by atoms with Gasteiger partial charge in [0.1, 0.15) is 0 Å². The average molecular weight is 332 g/mol. The van der Waals surface area contributed by atoms with Gasteiger partial charge in [-0.05, 0) is 43.5 Å². The van der Waals surface area contributed by atoms with Gasteiger partial charge in [-0.3, -0.25) is 0 Å². The molecule has 0 amide bonds. The van der Waals surface area contributed by atoms with Crippen LogP contribution in [0.15, 0.2) is 29.2 Å². The summed E-state index contributed by atoms with van der Waals surface area (Å²) in [5, 5.41) is 0. The molecular formula is C13H20N2O4S2. The summed E-state index contributed by atoms with van der Waals surface area (Å²) in [5.74, 6) is -0.0843. The van der Waals surface area contributed by atoms with E-state index in [9.17, 15) is 16.8 Å². The van der Waals surface area contributed by atoms with E-state index in [0.717, 1.165) is 18.4 Å². The van der Waals surface area contributed by atoms with Crippen LogP contribution >= 0.6 is 0 Å². The Morgan fingerprint density at radius 2 is 1.90 bits per heavy atom. The topological polar surface area (TPSA) is 106 Å². The number of hydrogen-bond donors (Lipinski definition) is 2. The molecule has 21 heavy (non-hydrogen) atoms. The predicted octanol–water partition coefficient (Wildman–Crippen LogP) is 0.0433. The first-order valence-electron chi connectivity index (χ1n) is 6.84. The van der Waals surface area contributed by atoms with Crippen molar-refractivity contribution in [2.24, 2.45) is 5.73 Å². The standard InChI is InChI=1S/C13H20N2O4S2/c14-8-1-2-11-3-5-13(6-4-11)21(18,19)15-12-7-9-20(16,17)10-12/h3-6,12,15H,1-2,7-10,14H2. The van der Waals surface area contributed by atoms with E-state index in [1.807, 2.05) is 0 Å². The van der Waals surface area contributed by atoms with E-state index in [1.54, 1.807) is 12.1 Å². The molecule has 118 valence electrons. The lowest BCUT2D eigenvalue weighted by molar-refractivity contribution is 0.562. The summed E-state index contributed by atoms with van der Waals surface area (Å²) >= 11 is 0. The third-order valence-electron chi connectivity index (χ3n) is 3.46. The van der Waals surface area contributed by atoms with Crippen molar-refractivity contribution in [1.29, 1.82) is 0 Å². The van der Waals surface area contributed by atoms with E-state index < -0.39 is 25.9 Å². The number of sulfone groups is 1. The highest BCUT2D eigenvalue weighted by Gasteiger charge is 2.31. The van der Waals surface area contributed by atoms with Crippen LogP contribution in [0.1, 0.15) is 18.4 Å². The van der Waals surface area contributed by atoms with Gasteiger partial charge in [0.2, 0.25) is 10.0 Å². The van der Waals surface area contributed by atoms with Gasteiger partial charge >= 0.3 is 0 Å². The molecule has 0 radical (unpaired) electrons. The van der Waals surface area contributed by atoms with Crippen molar-refractivity contribution in [1.82, 2.24) is 4.72 Å². The van der Waals surface area contributed by atoms with Gasteiger partial charge in [0.25, 0.3) is 0 Å². The quantitative estimate of drug-likeness (QED) is 0.765. The molecule has 3 N–H and O–H groups in total. The van der Waals surface area contributed by atoms with Crippen LogP contribution in [0.2, 0.25) is 0 Å². The van der Waals surface area contributed by atoms with Crippen LogP contribution in [0, 0.1) is 0 Å². The molecule has 1 aromatic rings. The summed E-state index contributed by atoms with van der Waals surface area (Å²) in [6.07, 6.45) is 1.99. The van der Waals surface area contributed by atoms with E-state index in [2.05, 4.69) is 4.72 Å². The molecule has 1 saturated heterocycles.